The third-order valence-electron chi connectivity index (χ3n) is 3.27. The fourth-order valence-electron chi connectivity index (χ4n) is 2.05. The van der Waals surface area contributed by atoms with Crippen LogP contribution in [0.2, 0.25) is 5.02 Å². The molecule has 0 aliphatic carbocycles. The van der Waals surface area contributed by atoms with Gasteiger partial charge in [0.25, 0.3) is 0 Å². The molecule has 1 atom stereocenters. The molecule has 0 amide bonds. The highest BCUT2D eigenvalue weighted by Crippen LogP contribution is 2.30. The molecule has 3 heteroatoms. The van der Waals surface area contributed by atoms with Crippen molar-refractivity contribution in [2.24, 2.45) is 5.73 Å². The van der Waals surface area contributed by atoms with Gasteiger partial charge >= 0.3 is 0 Å². The van der Waals surface area contributed by atoms with Crippen molar-refractivity contribution in [1.82, 2.24) is 0 Å². The van der Waals surface area contributed by atoms with Crippen molar-refractivity contribution in [2.75, 3.05) is 18.0 Å². The van der Waals surface area contributed by atoms with Gasteiger partial charge in [-0.2, -0.15) is 0 Å². The van der Waals surface area contributed by atoms with E-state index in [4.69, 9.17) is 17.3 Å². The van der Waals surface area contributed by atoms with Gasteiger partial charge in [0.05, 0.1) is 10.7 Å². The van der Waals surface area contributed by atoms with Crippen LogP contribution in [0.3, 0.4) is 0 Å². The van der Waals surface area contributed by atoms with Crippen molar-refractivity contribution in [3.63, 3.8) is 0 Å². The molecule has 0 bridgehead atoms. The van der Waals surface area contributed by atoms with Gasteiger partial charge in [0.2, 0.25) is 0 Å². The summed E-state index contributed by atoms with van der Waals surface area (Å²) < 4.78 is 0. The Balaban J connectivity index is 2.22. The van der Waals surface area contributed by atoms with E-state index in [1.807, 2.05) is 13.0 Å². The van der Waals surface area contributed by atoms with Crippen molar-refractivity contribution in [3.8, 4) is 0 Å². The van der Waals surface area contributed by atoms with E-state index in [2.05, 4.69) is 30.0 Å². The van der Waals surface area contributed by atoms with Gasteiger partial charge in [0.15, 0.2) is 0 Å². The molecule has 2 N–H and O–H groups in total. The van der Waals surface area contributed by atoms with E-state index in [1.54, 1.807) is 0 Å². The van der Waals surface area contributed by atoms with Gasteiger partial charge in [-0.1, -0.05) is 29.3 Å². The van der Waals surface area contributed by atoms with Gasteiger partial charge < -0.3 is 10.6 Å². The lowest BCUT2D eigenvalue weighted by Gasteiger charge is -2.28. The Kier molecular flexibility index (Phi) is 3.75. The summed E-state index contributed by atoms with van der Waals surface area (Å²) in [6, 6.07) is 6.16. The number of benzene rings is 1. The fraction of sp³-hybridized carbons (Fsp3) is 0.429. The summed E-state index contributed by atoms with van der Waals surface area (Å²) in [6.45, 7) is 6.14. The minimum Gasteiger partial charge on any atom is -0.366 e. The van der Waals surface area contributed by atoms with Crippen LogP contribution in [0.15, 0.2) is 29.8 Å². The van der Waals surface area contributed by atoms with Crippen molar-refractivity contribution >= 4 is 17.3 Å². The zero-order valence-electron chi connectivity index (χ0n) is 10.4. The number of hydrogen-bond acceptors (Lipinski definition) is 2. The van der Waals surface area contributed by atoms with Crippen LogP contribution in [0, 0.1) is 0 Å². The van der Waals surface area contributed by atoms with E-state index in [-0.39, 0.29) is 6.04 Å². The van der Waals surface area contributed by atoms with E-state index in [1.165, 1.54) is 5.57 Å². The van der Waals surface area contributed by atoms with Gasteiger partial charge in [0, 0.05) is 19.1 Å². The topological polar surface area (TPSA) is 29.3 Å². The molecule has 0 spiro atoms. The highest BCUT2D eigenvalue weighted by molar-refractivity contribution is 6.33. The van der Waals surface area contributed by atoms with Crippen LogP contribution < -0.4 is 10.6 Å². The normalized spacial score (nSPS) is 17.9. The van der Waals surface area contributed by atoms with Crippen LogP contribution in [0.25, 0.3) is 0 Å². The van der Waals surface area contributed by atoms with Crippen molar-refractivity contribution in [2.45, 2.75) is 26.3 Å². The van der Waals surface area contributed by atoms with Crippen LogP contribution in [0.4, 0.5) is 5.69 Å². The Morgan fingerprint density at radius 3 is 2.71 bits per heavy atom. The first-order chi connectivity index (χ1) is 8.08. The van der Waals surface area contributed by atoms with Gasteiger partial charge in [-0.3, -0.25) is 0 Å². The predicted octanol–water partition coefficient (Wildman–Crippen LogP) is 3.52. The van der Waals surface area contributed by atoms with E-state index in [0.29, 0.717) is 0 Å². The van der Waals surface area contributed by atoms with Crippen LogP contribution in [0.5, 0.6) is 0 Å². The van der Waals surface area contributed by atoms with Crippen LogP contribution in [-0.2, 0) is 0 Å². The lowest BCUT2D eigenvalue weighted by atomic mass is 10.1. The lowest BCUT2D eigenvalue weighted by molar-refractivity contribution is 0.784. The number of nitrogens with two attached hydrogens (primary N) is 1. The SMILES string of the molecule is CC1=CCN(c2ccc(C(C)N)cc2Cl)CC1. The molecule has 92 valence electrons. The van der Waals surface area contributed by atoms with Gasteiger partial charge in [-0.25, -0.2) is 0 Å². The molecular formula is C14H19ClN2. The Labute approximate surface area is 108 Å². The molecule has 0 fully saturated rings. The first-order valence-corrected chi connectivity index (χ1v) is 6.41. The maximum atomic E-state index is 6.33. The molecule has 0 saturated heterocycles. The van der Waals surface area contributed by atoms with Gasteiger partial charge in [-0.05, 0) is 38.0 Å². The van der Waals surface area contributed by atoms with E-state index in [9.17, 15) is 0 Å². The highest BCUT2D eigenvalue weighted by Gasteiger charge is 2.13. The van der Waals surface area contributed by atoms with Crippen molar-refractivity contribution < 1.29 is 0 Å². The van der Waals surface area contributed by atoms with Crippen LogP contribution >= 0.6 is 11.6 Å². The lowest BCUT2D eigenvalue weighted by Crippen LogP contribution is -2.28. The molecule has 0 saturated carbocycles. The summed E-state index contributed by atoms with van der Waals surface area (Å²) in [4.78, 5) is 2.31. The molecule has 1 heterocycles. The molecule has 17 heavy (non-hydrogen) atoms. The van der Waals surface area contributed by atoms with Gasteiger partial charge in [-0.15, -0.1) is 0 Å². The third-order valence-corrected chi connectivity index (χ3v) is 3.58. The first kappa shape index (κ1) is 12.5. The maximum absolute atomic E-state index is 6.33. The molecule has 0 radical (unpaired) electrons. The predicted molar refractivity (Wildman–Crippen MR) is 74.6 cm³/mol. The minimum atomic E-state index is 0.0325. The average molecular weight is 251 g/mol. The second kappa shape index (κ2) is 5.11. The number of hydrogen-bond donors (Lipinski definition) is 1. The molecule has 0 aromatic heterocycles. The van der Waals surface area contributed by atoms with Crippen molar-refractivity contribution in [1.29, 1.82) is 0 Å². The summed E-state index contributed by atoms with van der Waals surface area (Å²) in [5.41, 5.74) is 9.51. The Bertz CT molecular complexity index is 438. The number of anilines is 1. The molecule has 1 unspecified atom stereocenters. The summed E-state index contributed by atoms with van der Waals surface area (Å²) >= 11 is 6.33. The van der Waals surface area contributed by atoms with E-state index >= 15 is 0 Å². The zero-order chi connectivity index (χ0) is 12.4. The largest absolute Gasteiger partial charge is 0.366 e. The first-order valence-electron chi connectivity index (χ1n) is 6.03. The van der Waals surface area contributed by atoms with Crippen molar-refractivity contribution in [3.05, 3.63) is 40.4 Å². The Hall–Kier alpha value is -0.990. The van der Waals surface area contributed by atoms with Crippen LogP contribution in [-0.4, -0.2) is 13.1 Å². The van der Waals surface area contributed by atoms with Gasteiger partial charge in [0.1, 0.15) is 0 Å². The summed E-state index contributed by atoms with van der Waals surface area (Å²) in [5.74, 6) is 0. The monoisotopic (exact) mass is 250 g/mol. The average Bonchev–Trinajstić information content (AvgIpc) is 2.30. The fourth-order valence-corrected chi connectivity index (χ4v) is 2.36. The number of halogens is 1. The Morgan fingerprint density at radius 2 is 2.18 bits per heavy atom. The third kappa shape index (κ3) is 2.82. The summed E-state index contributed by atoms with van der Waals surface area (Å²) in [7, 11) is 0. The second-order valence-corrected chi connectivity index (χ2v) is 5.15. The van der Waals surface area contributed by atoms with E-state index in [0.717, 1.165) is 35.8 Å². The zero-order valence-corrected chi connectivity index (χ0v) is 11.2. The van der Waals surface area contributed by atoms with Crippen LogP contribution in [0.1, 0.15) is 31.9 Å². The molecule has 2 nitrogen and oxygen atoms in total. The quantitative estimate of drug-likeness (QED) is 0.814. The number of rotatable bonds is 2. The standard InChI is InChI=1S/C14H19ClN2/c1-10-5-7-17(8-6-10)14-4-3-12(11(2)16)9-13(14)15/h3-5,9,11H,6-8,16H2,1-2H3. The summed E-state index contributed by atoms with van der Waals surface area (Å²) in [6.07, 6.45) is 3.38. The Morgan fingerprint density at radius 1 is 1.41 bits per heavy atom. The minimum absolute atomic E-state index is 0.0325. The molecule has 1 aliphatic heterocycles. The molecular weight excluding hydrogens is 232 g/mol. The summed E-state index contributed by atoms with van der Waals surface area (Å²) in [5, 5.41) is 0.799. The maximum Gasteiger partial charge on any atom is 0.0643 e. The molecule has 2 rings (SSSR count). The second-order valence-electron chi connectivity index (χ2n) is 4.75. The molecule has 1 aromatic carbocycles. The smallest absolute Gasteiger partial charge is 0.0643 e. The molecule has 1 aromatic rings. The number of nitrogens with zero attached hydrogens (tertiary/aromatic N) is 1. The molecule has 1 aliphatic rings. The van der Waals surface area contributed by atoms with E-state index < -0.39 is 0 Å². The highest BCUT2D eigenvalue weighted by atomic mass is 35.5.